The van der Waals surface area contributed by atoms with Crippen molar-refractivity contribution in [1.82, 2.24) is 40.8 Å². The summed E-state index contributed by atoms with van der Waals surface area (Å²) in [6.07, 6.45) is 2.94. The van der Waals surface area contributed by atoms with E-state index in [4.69, 9.17) is 10.00 Å². The van der Waals surface area contributed by atoms with Gasteiger partial charge in [0.2, 0.25) is 5.82 Å². The molecular formula is C12H10N10O. The third-order valence-electron chi connectivity index (χ3n) is 2.83. The van der Waals surface area contributed by atoms with Gasteiger partial charge in [0.15, 0.2) is 0 Å². The van der Waals surface area contributed by atoms with Crippen LogP contribution in [0.4, 0.5) is 5.69 Å². The molecule has 0 atom stereocenters. The highest BCUT2D eigenvalue weighted by atomic mass is 16.5. The third kappa shape index (κ3) is 3.10. The second-order valence-corrected chi connectivity index (χ2v) is 4.22. The largest absolute Gasteiger partial charge is 0.497 e. The maximum Gasteiger partial charge on any atom is 0.216 e. The number of ether oxygens (including phenoxy) is 1. The van der Waals surface area contributed by atoms with E-state index in [0.717, 1.165) is 0 Å². The van der Waals surface area contributed by atoms with Crippen molar-refractivity contribution < 1.29 is 4.74 Å². The number of nitrogens with one attached hydrogen (secondary N) is 2. The molecule has 3 rings (SSSR count). The average Bonchev–Trinajstić information content (AvgIpc) is 3.29. The summed E-state index contributed by atoms with van der Waals surface area (Å²) >= 11 is 0. The molecule has 11 heteroatoms. The number of benzene rings is 1. The summed E-state index contributed by atoms with van der Waals surface area (Å²) < 4.78 is 6.74. The fraction of sp³-hybridized carbons (Fsp3) is 0.0833. The molecule has 0 amide bonds. The molecule has 0 fully saturated rings. The number of nitrogens with zero attached hydrogens (tertiary/aromatic N) is 8. The van der Waals surface area contributed by atoms with Crippen LogP contribution in [-0.4, -0.2) is 47.9 Å². The molecule has 0 spiro atoms. The summed E-state index contributed by atoms with van der Waals surface area (Å²) in [7, 11) is 1.55. The lowest BCUT2D eigenvalue weighted by atomic mass is 10.2. The normalized spacial score (nSPS) is 11.0. The van der Waals surface area contributed by atoms with E-state index < -0.39 is 0 Å². The van der Waals surface area contributed by atoms with Gasteiger partial charge in [-0.05, 0) is 21.7 Å². The van der Waals surface area contributed by atoms with Crippen molar-refractivity contribution in [2.24, 2.45) is 0 Å². The van der Waals surface area contributed by atoms with Gasteiger partial charge in [-0.3, -0.25) is 0 Å². The summed E-state index contributed by atoms with van der Waals surface area (Å²) in [6, 6.07) is 7.32. The van der Waals surface area contributed by atoms with Gasteiger partial charge in [-0.25, -0.2) is 4.68 Å². The van der Waals surface area contributed by atoms with Gasteiger partial charge in [0.25, 0.3) is 0 Å². The van der Waals surface area contributed by atoms with Crippen LogP contribution in [0.5, 0.6) is 5.75 Å². The standard InChI is InChI=1S/C12H10N10O/c1-23-11-3-9(2-10(4-11)22-7-15-18-21-22)14-6-8(5-13)12-16-19-20-17-12/h2-4,6-7,14H,1H3,(H,16,17,19,20). The van der Waals surface area contributed by atoms with Crippen LogP contribution in [-0.2, 0) is 0 Å². The first-order valence-electron chi connectivity index (χ1n) is 6.33. The predicted octanol–water partition coefficient (Wildman–Crippen LogP) is 0.161. The van der Waals surface area contributed by atoms with E-state index >= 15 is 0 Å². The Balaban J connectivity index is 1.91. The topological polar surface area (TPSA) is 143 Å². The number of hydrogen-bond acceptors (Lipinski definition) is 9. The molecule has 0 aliphatic rings. The lowest BCUT2D eigenvalue weighted by Crippen LogP contribution is -1.99. The van der Waals surface area contributed by atoms with Crippen molar-refractivity contribution in [2.75, 3.05) is 12.4 Å². The lowest BCUT2D eigenvalue weighted by molar-refractivity contribution is 0.414. The number of rotatable bonds is 5. The van der Waals surface area contributed by atoms with E-state index in [1.807, 2.05) is 6.07 Å². The molecule has 0 aliphatic heterocycles. The van der Waals surface area contributed by atoms with Crippen molar-refractivity contribution in [3.05, 3.63) is 36.6 Å². The molecular weight excluding hydrogens is 300 g/mol. The first-order chi connectivity index (χ1) is 11.3. The van der Waals surface area contributed by atoms with E-state index in [9.17, 15) is 0 Å². The summed E-state index contributed by atoms with van der Waals surface area (Å²) in [5.74, 6) is 0.801. The second-order valence-electron chi connectivity index (χ2n) is 4.22. The Morgan fingerprint density at radius 1 is 1.43 bits per heavy atom. The number of methoxy groups -OCH3 is 1. The summed E-state index contributed by atoms with van der Waals surface area (Å²) in [6.45, 7) is 0. The smallest absolute Gasteiger partial charge is 0.216 e. The molecule has 11 nitrogen and oxygen atoms in total. The fourth-order valence-corrected chi connectivity index (χ4v) is 1.77. The van der Waals surface area contributed by atoms with Gasteiger partial charge < -0.3 is 10.1 Å². The monoisotopic (exact) mass is 310 g/mol. The Bertz CT molecular complexity index is 847. The second kappa shape index (κ2) is 6.31. The molecule has 2 aromatic heterocycles. The molecule has 0 radical (unpaired) electrons. The molecule has 2 heterocycles. The van der Waals surface area contributed by atoms with Crippen molar-refractivity contribution in [2.45, 2.75) is 0 Å². The number of tetrazole rings is 2. The fourth-order valence-electron chi connectivity index (χ4n) is 1.77. The molecule has 23 heavy (non-hydrogen) atoms. The highest BCUT2D eigenvalue weighted by Gasteiger charge is 2.07. The van der Waals surface area contributed by atoms with Crippen LogP contribution in [0.15, 0.2) is 30.7 Å². The Hall–Kier alpha value is -3.81. The minimum atomic E-state index is 0.198. The van der Waals surface area contributed by atoms with Crippen molar-refractivity contribution >= 4 is 11.3 Å². The molecule has 2 N–H and O–H groups in total. The van der Waals surface area contributed by atoms with Gasteiger partial charge >= 0.3 is 0 Å². The minimum Gasteiger partial charge on any atom is -0.497 e. The van der Waals surface area contributed by atoms with Crippen molar-refractivity contribution in [3.63, 3.8) is 0 Å². The zero-order valence-corrected chi connectivity index (χ0v) is 11.9. The van der Waals surface area contributed by atoms with Gasteiger partial charge in [-0.15, -0.1) is 15.3 Å². The van der Waals surface area contributed by atoms with Gasteiger partial charge in [0.05, 0.1) is 12.8 Å². The number of H-pyrrole nitrogens is 1. The van der Waals surface area contributed by atoms with Gasteiger partial charge in [-0.2, -0.15) is 10.5 Å². The first kappa shape index (κ1) is 14.1. The quantitative estimate of drug-likeness (QED) is 0.629. The number of hydrogen-bond donors (Lipinski definition) is 2. The van der Waals surface area contributed by atoms with Crippen LogP contribution in [0.25, 0.3) is 11.3 Å². The van der Waals surface area contributed by atoms with Gasteiger partial charge in [0.1, 0.15) is 23.7 Å². The molecule has 0 aliphatic carbocycles. The zero-order valence-electron chi connectivity index (χ0n) is 11.9. The van der Waals surface area contributed by atoms with Crippen LogP contribution < -0.4 is 10.1 Å². The molecule has 3 aromatic rings. The number of anilines is 1. The average molecular weight is 310 g/mol. The number of allylic oxidation sites excluding steroid dienone is 1. The number of aromatic amines is 1. The maximum absolute atomic E-state index is 9.15. The lowest BCUT2D eigenvalue weighted by Gasteiger charge is -2.08. The Morgan fingerprint density at radius 2 is 2.35 bits per heavy atom. The maximum atomic E-state index is 9.15. The first-order valence-corrected chi connectivity index (χ1v) is 6.33. The van der Waals surface area contributed by atoms with Crippen LogP contribution in [0.2, 0.25) is 0 Å². The molecule has 0 saturated carbocycles. The molecule has 0 saturated heterocycles. The summed E-state index contributed by atoms with van der Waals surface area (Å²) in [5.41, 5.74) is 1.60. The predicted molar refractivity (Wildman–Crippen MR) is 77.1 cm³/mol. The Kier molecular flexibility index (Phi) is 3.88. The zero-order chi connectivity index (χ0) is 16.1. The van der Waals surface area contributed by atoms with Gasteiger partial charge in [0, 0.05) is 24.0 Å². The minimum absolute atomic E-state index is 0.198. The summed E-state index contributed by atoms with van der Waals surface area (Å²) in [4.78, 5) is 0. The van der Waals surface area contributed by atoms with Crippen LogP contribution in [0, 0.1) is 11.3 Å². The van der Waals surface area contributed by atoms with Crippen molar-refractivity contribution in [3.8, 4) is 17.5 Å². The Morgan fingerprint density at radius 3 is 3.00 bits per heavy atom. The van der Waals surface area contributed by atoms with Crippen LogP contribution in [0.3, 0.4) is 0 Å². The summed E-state index contributed by atoms with van der Waals surface area (Å²) in [5, 5.41) is 36.4. The van der Waals surface area contributed by atoms with E-state index in [1.54, 1.807) is 25.3 Å². The number of aromatic nitrogens is 8. The van der Waals surface area contributed by atoms with Crippen LogP contribution >= 0.6 is 0 Å². The molecule has 0 bridgehead atoms. The van der Waals surface area contributed by atoms with E-state index in [-0.39, 0.29) is 11.4 Å². The van der Waals surface area contributed by atoms with E-state index in [1.165, 1.54) is 17.2 Å². The third-order valence-corrected chi connectivity index (χ3v) is 2.83. The highest BCUT2D eigenvalue weighted by molar-refractivity contribution is 5.74. The molecule has 114 valence electrons. The molecule has 0 unspecified atom stereocenters. The van der Waals surface area contributed by atoms with E-state index in [0.29, 0.717) is 17.1 Å². The SMILES string of the molecule is COc1cc(NC=C(C#N)c2nn[nH]n2)cc(-n2cnnn2)c1. The van der Waals surface area contributed by atoms with Gasteiger partial charge in [-0.1, -0.05) is 0 Å². The van der Waals surface area contributed by atoms with Crippen LogP contribution in [0.1, 0.15) is 5.82 Å². The molecule has 1 aromatic carbocycles. The highest BCUT2D eigenvalue weighted by Crippen LogP contribution is 2.23. The van der Waals surface area contributed by atoms with Crippen molar-refractivity contribution in [1.29, 1.82) is 5.26 Å². The Labute approximate surface area is 129 Å². The number of nitriles is 1. The van der Waals surface area contributed by atoms with E-state index in [2.05, 4.69) is 41.5 Å².